The van der Waals surface area contributed by atoms with Crippen LogP contribution in [0.1, 0.15) is 43.0 Å². The van der Waals surface area contributed by atoms with Gasteiger partial charge in [-0.05, 0) is 31.9 Å². The first kappa shape index (κ1) is 27.5. The minimum atomic E-state index is -0.804. The van der Waals surface area contributed by atoms with Crippen LogP contribution < -0.4 is 26.8 Å². The van der Waals surface area contributed by atoms with Gasteiger partial charge < -0.3 is 36.3 Å². The molecule has 1 aliphatic rings. The molecule has 0 aliphatic heterocycles. The fourth-order valence-corrected chi connectivity index (χ4v) is 4.46. The van der Waals surface area contributed by atoms with Gasteiger partial charge in [0.05, 0.1) is 37.3 Å². The van der Waals surface area contributed by atoms with Gasteiger partial charge in [0.1, 0.15) is 12.4 Å². The van der Waals surface area contributed by atoms with Gasteiger partial charge in [0.15, 0.2) is 11.6 Å². The maximum Gasteiger partial charge on any atom is 0.252 e. The smallest absolute Gasteiger partial charge is 0.252 e. The van der Waals surface area contributed by atoms with E-state index >= 15 is 0 Å². The summed E-state index contributed by atoms with van der Waals surface area (Å²) in [6.07, 6.45) is 5.30. The Labute approximate surface area is 221 Å². The number of carbonyl (C=O) groups excluding carboxylic acids is 1. The van der Waals surface area contributed by atoms with Crippen molar-refractivity contribution in [2.45, 2.75) is 44.7 Å². The Morgan fingerprint density at radius 3 is 2.58 bits per heavy atom. The Hall–Kier alpha value is -3.54. The van der Waals surface area contributed by atoms with E-state index in [0.29, 0.717) is 44.6 Å². The van der Waals surface area contributed by atoms with Crippen LogP contribution >= 0.6 is 0 Å². The zero-order valence-corrected chi connectivity index (χ0v) is 21.5. The number of ether oxygens (including phenoxy) is 3. The van der Waals surface area contributed by atoms with Crippen molar-refractivity contribution in [3.63, 3.8) is 0 Å². The normalized spacial score (nSPS) is 17.3. The number of carbonyl (C=O) groups is 1. The molecule has 10 nitrogen and oxygen atoms in total. The average Bonchev–Trinajstić information content (AvgIpc) is 2.92. The minimum absolute atomic E-state index is 0.0152. The van der Waals surface area contributed by atoms with Crippen molar-refractivity contribution in [2.24, 2.45) is 11.5 Å². The first-order valence-corrected chi connectivity index (χ1v) is 12.9. The number of halogens is 1. The van der Waals surface area contributed by atoms with Crippen molar-refractivity contribution >= 4 is 34.0 Å². The molecule has 0 radical (unpaired) electrons. The van der Waals surface area contributed by atoms with E-state index in [9.17, 15) is 9.18 Å². The molecule has 1 aromatic carbocycles. The van der Waals surface area contributed by atoms with Crippen molar-refractivity contribution < 1.29 is 23.4 Å². The summed E-state index contributed by atoms with van der Waals surface area (Å²) in [7, 11) is 0. The molecule has 3 aromatic rings. The molecule has 2 heterocycles. The highest BCUT2D eigenvalue weighted by molar-refractivity contribution is 6.02. The SMILES string of the molecule is CCOCCOCCOc1ncc(Nc2nc(N[C@@H]3CCCC[C@@H]3N)c(F)cc2C(N)=O)c2ccccc12. The quantitative estimate of drug-likeness (QED) is 0.245. The number of pyridine rings is 2. The number of aromatic nitrogens is 2. The van der Waals surface area contributed by atoms with Crippen molar-refractivity contribution in [3.8, 4) is 5.88 Å². The summed E-state index contributed by atoms with van der Waals surface area (Å²) in [5, 5.41) is 7.78. The molecule has 2 atom stereocenters. The number of anilines is 3. The molecule has 4 rings (SSSR count). The number of benzene rings is 1. The van der Waals surface area contributed by atoms with E-state index in [4.69, 9.17) is 25.7 Å². The number of nitrogens with one attached hydrogen (secondary N) is 2. The van der Waals surface area contributed by atoms with E-state index in [1.165, 1.54) is 0 Å². The zero-order chi connectivity index (χ0) is 26.9. The number of hydrogen-bond donors (Lipinski definition) is 4. The fourth-order valence-electron chi connectivity index (χ4n) is 4.46. The number of fused-ring (bicyclic) bond motifs is 1. The summed E-state index contributed by atoms with van der Waals surface area (Å²) in [6.45, 7) is 4.32. The van der Waals surface area contributed by atoms with Gasteiger partial charge in [-0.25, -0.2) is 14.4 Å². The Morgan fingerprint density at radius 1 is 1.08 bits per heavy atom. The van der Waals surface area contributed by atoms with E-state index in [1.54, 1.807) is 6.20 Å². The second kappa shape index (κ2) is 13.3. The van der Waals surface area contributed by atoms with Gasteiger partial charge in [0.25, 0.3) is 5.91 Å². The monoisotopic (exact) mass is 526 g/mol. The van der Waals surface area contributed by atoms with E-state index in [0.717, 1.165) is 42.5 Å². The Kier molecular flexibility index (Phi) is 9.63. The number of hydrogen-bond acceptors (Lipinski definition) is 9. The van der Waals surface area contributed by atoms with Crippen LogP contribution in [0.3, 0.4) is 0 Å². The highest BCUT2D eigenvalue weighted by Gasteiger charge is 2.25. The second-order valence-electron chi connectivity index (χ2n) is 9.08. The Balaban J connectivity index is 1.55. The van der Waals surface area contributed by atoms with Crippen LogP contribution in [-0.2, 0) is 9.47 Å². The third-order valence-electron chi connectivity index (χ3n) is 6.44. The summed E-state index contributed by atoms with van der Waals surface area (Å²) in [6, 6.07) is 8.39. The standard InChI is InChI=1S/C27H35FN6O4/c1-2-36-11-12-37-13-14-38-27-18-8-4-3-7-17(18)23(16-31-27)33-25-19(24(30)35)15-20(28)26(34-25)32-22-10-6-5-9-21(22)29/h3-4,7-8,15-16,21-22H,2,5-6,9-14,29H2,1H3,(H2,30,35)(H2,32,33,34)/t21-,22+/m0/s1. The topological polar surface area (TPSA) is 147 Å². The number of amides is 1. The summed E-state index contributed by atoms with van der Waals surface area (Å²) >= 11 is 0. The Bertz CT molecular complexity index is 1240. The first-order chi connectivity index (χ1) is 18.5. The molecule has 0 spiro atoms. The molecule has 1 saturated carbocycles. The van der Waals surface area contributed by atoms with Crippen LogP contribution in [0.4, 0.5) is 21.7 Å². The molecule has 11 heteroatoms. The van der Waals surface area contributed by atoms with Gasteiger partial charge in [0.2, 0.25) is 5.88 Å². The van der Waals surface area contributed by atoms with Crippen LogP contribution in [0.25, 0.3) is 10.8 Å². The van der Waals surface area contributed by atoms with Crippen LogP contribution in [0, 0.1) is 5.82 Å². The van der Waals surface area contributed by atoms with E-state index in [1.807, 2.05) is 31.2 Å². The Morgan fingerprint density at radius 2 is 1.82 bits per heavy atom. The number of nitrogens with zero attached hydrogens (tertiary/aromatic N) is 2. The molecule has 6 N–H and O–H groups in total. The lowest BCUT2D eigenvalue weighted by molar-refractivity contribution is 0.0401. The maximum absolute atomic E-state index is 14.9. The second-order valence-corrected chi connectivity index (χ2v) is 9.08. The summed E-state index contributed by atoms with van der Waals surface area (Å²) in [4.78, 5) is 21.0. The van der Waals surface area contributed by atoms with Crippen molar-refractivity contribution in [2.75, 3.05) is 43.7 Å². The van der Waals surface area contributed by atoms with Crippen molar-refractivity contribution in [3.05, 3.63) is 47.9 Å². The fraction of sp³-hybridized carbons (Fsp3) is 0.444. The highest BCUT2D eigenvalue weighted by Crippen LogP contribution is 2.33. The predicted molar refractivity (Wildman–Crippen MR) is 144 cm³/mol. The van der Waals surface area contributed by atoms with Crippen LogP contribution in [-0.4, -0.2) is 61.0 Å². The van der Waals surface area contributed by atoms with Crippen LogP contribution in [0.2, 0.25) is 0 Å². The molecule has 0 bridgehead atoms. The van der Waals surface area contributed by atoms with Gasteiger partial charge in [-0.15, -0.1) is 0 Å². The van der Waals surface area contributed by atoms with Gasteiger partial charge in [-0.2, -0.15) is 0 Å². The molecule has 1 amide bonds. The number of rotatable bonds is 13. The lowest BCUT2D eigenvalue weighted by Crippen LogP contribution is -2.43. The molecule has 0 saturated heterocycles. The lowest BCUT2D eigenvalue weighted by Gasteiger charge is -2.30. The van der Waals surface area contributed by atoms with Crippen molar-refractivity contribution in [1.82, 2.24) is 9.97 Å². The van der Waals surface area contributed by atoms with Crippen LogP contribution in [0.15, 0.2) is 36.5 Å². The summed E-state index contributed by atoms with van der Waals surface area (Å²) < 4.78 is 31.5. The van der Waals surface area contributed by atoms with Gasteiger partial charge in [-0.3, -0.25) is 4.79 Å². The van der Waals surface area contributed by atoms with E-state index in [2.05, 4.69) is 20.6 Å². The van der Waals surface area contributed by atoms with Gasteiger partial charge >= 0.3 is 0 Å². The molecule has 204 valence electrons. The largest absolute Gasteiger partial charge is 0.475 e. The molecule has 1 fully saturated rings. The molecular weight excluding hydrogens is 491 g/mol. The van der Waals surface area contributed by atoms with E-state index in [-0.39, 0.29) is 29.3 Å². The predicted octanol–water partition coefficient (Wildman–Crippen LogP) is 3.73. The van der Waals surface area contributed by atoms with E-state index < -0.39 is 11.7 Å². The molecular formula is C27H35FN6O4. The third kappa shape index (κ3) is 6.85. The molecule has 38 heavy (non-hydrogen) atoms. The number of primary amides is 1. The highest BCUT2D eigenvalue weighted by atomic mass is 19.1. The van der Waals surface area contributed by atoms with Crippen molar-refractivity contribution in [1.29, 1.82) is 0 Å². The third-order valence-corrected chi connectivity index (χ3v) is 6.44. The molecule has 2 aromatic heterocycles. The van der Waals surface area contributed by atoms with Gasteiger partial charge in [0, 0.05) is 29.5 Å². The number of nitrogens with two attached hydrogens (primary N) is 2. The summed E-state index contributed by atoms with van der Waals surface area (Å²) in [5.74, 6) is -0.899. The summed E-state index contributed by atoms with van der Waals surface area (Å²) in [5.41, 5.74) is 12.3. The first-order valence-electron chi connectivity index (χ1n) is 12.9. The molecule has 1 aliphatic carbocycles. The zero-order valence-electron chi connectivity index (χ0n) is 21.5. The lowest BCUT2D eigenvalue weighted by atomic mass is 9.91. The van der Waals surface area contributed by atoms with Crippen LogP contribution in [0.5, 0.6) is 5.88 Å². The average molecular weight is 527 g/mol. The maximum atomic E-state index is 14.9. The minimum Gasteiger partial charge on any atom is -0.475 e. The van der Waals surface area contributed by atoms with Gasteiger partial charge in [-0.1, -0.05) is 31.0 Å². The molecule has 0 unspecified atom stereocenters.